The molecule has 1 fully saturated rings. The molecule has 1 aliphatic heterocycles. The molecular formula is C17H19FN2. The van der Waals surface area contributed by atoms with Crippen LogP contribution in [0.4, 0.5) is 4.39 Å². The van der Waals surface area contributed by atoms with Crippen molar-refractivity contribution in [2.24, 2.45) is 0 Å². The van der Waals surface area contributed by atoms with Gasteiger partial charge in [0.2, 0.25) is 0 Å². The van der Waals surface area contributed by atoms with Crippen molar-refractivity contribution in [2.45, 2.75) is 18.5 Å². The molecule has 3 rings (SSSR count). The van der Waals surface area contributed by atoms with Crippen LogP contribution in [0.2, 0.25) is 0 Å². The average Bonchev–Trinajstić information content (AvgIpc) is 2.77. The Balaban J connectivity index is 1.91. The van der Waals surface area contributed by atoms with Crippen LogP contribution in [-0.2, 0) is 0 Å². The van der Waals surface area contributed by atoms with Crippen LogP contribution < -0.4 is 0 Å². The predicted octanol–water partition coefficient (Wildman–Crippen LogP) is 3.79. The Morgan fingerprint density at radius 2 is 1.45 bits per heavy atom. The second-order valence-electron chi connectivity index (χ2n) is 5.35. The van der Waals surface area contributed by atoms with E-state index >= 15 is 0 Å². The molecule has 0 radical (unpaired) electrons. The Bertz CT molecular complexity index is 585. The number of benzene rings is 2. The van der Waals surface area contributed by atoms with Gasteiger partial charge in [0.05, 0.1) is 12.1 Å². The zero-order valence-corrected chi connectivity index (χ0v) is 11.8. The highest BCUT2D eigenvalue weighted by molar-refractivity contribution is 5.26. The van der Waals surface area contributed by atoms with Crippen LogP contribution in [0.3, 0.4) is 0 Å². The van der Waals surface area contributed by atoms with Crippen molar-refractivity contribution in [1.29, 1.82) is 0 Å². The van der Waals surface area contributed by atoms with E-state index in [1.165, 1.54) is 5.56 Å². The topological polar surface area (TPSA) is 6.48 Å². The standard InChI is InChI=1S/C17H19FN2/c1-19-16(13-8-4-3-5-9-13)12-17(20(19)2)14-10-6-7-11-15(14)18/h3-11,16-17H,12H2,1-2H3. The van der Waals surface area contributed by atoms with Crippen LogP contribution in [0.1, 0.15) is 29.6 Å². The number of hydrogen-bond acceptors (Lipinski definition) is 2. The lowest BCUT2D eigenvalue weighted by atomic mass is 9.97. The molecule has 104 valence electrons. The normalized spacial score (nSPS) is 24.1. The first-order chi connectivity index (χ1) is 9.68. The zero-order valence-electron chi connectivity index (χ0n) is 11.8. The minimum Gasteiger partial charge on any atom is -0.237 e. The quantitative estimate of drug-likeness (QED) is 0.819. The third-order valence-corrected chi connectivity index (χ3v) is 4.29. The molecule has 1 aliphatic rings. The van der Waals surface area contributed by atoms with E-state index in [9.17, 15) is 4.39 Å². The van der Waals surface area contributed by atoms with E-state index in [0.29, 0.717) is 6.04 Å². The van der Waals surface area contributed by atoms with E-state index < -0.39 is 0 Å². The molecule has 0 spiro atoms. The summed E-state index contributed by atoms with van der Waals surface area (Å²) >= 11 is 0. The van der Waals surface area contributed by atoms with E-state index in [2.05, 4.69) is 41.3 Å². The van der Waals surface area contributed by atoms with Gasteiger partial charge < -0.3 is 0 Å². The summed E-state index contributed by atoms with van der Waals surface area (Å²) in [6.07, 6.45) is 0.901. The molecule has 2 aromatic carbocycles. The second kappa shape index (κ2) is 5.35. The van der Waals surface area contributed by atoms with Crippen molar-refractivity contribution in [2.75, 3.05) is 14.1 Å². The van der Waals surface area contributed by atoms with Crippen LogP contribution in [0, 0.1) is 5.82 Å². The first-order valence-electron chi connectivity index (χ1n) is 6.93. The van der Waals surface area contributed by atoms with Gasteiger partial charge in [-0.2, -0.15) is 0 Å². The molecule has 2 aromatic rings. The largest absolute Gasteiger partial charge is 0.237 e. The fourth-order valence-electron chi connectivity index (χ4n) is 3.06. The molecule has 0 saturated carbocycles. The number of nitrogens with zero attached hydrogens (tertiary/aromatic N) is 2. The summed E-state index contributed by atoms with van der Waals surface area (Å²) in [4.78, 5) is 0. The Kier molecular flexibility index (Phi) is 3.55. The van der Waals surface area contributed by atoms with Crippen LogP contribution in [0.15, 0.2) is 54.6 Å². The summed E-state index contributed by atoms with van der Waals surface area (Å²) in [6, 6.07) is 17.9. The van der Waals surface area contributed by atoms with Gasteiger partial charge in [-0.05, 0) is 18.1 Å². The van der Waals surface area contributed by atoms with Crippen LogP contribution in [-0.4, -0.2) is 24.1 Å². The molecule has 1 saturated heterocycles. The van der Waals surface area contributed by atoms with Gasteiger partial charge in [0, 0.05) is 19.7 Å². The van der Waals surface area contributed by atoms with Crippen LogP contribution >= 0.6 is 0 Å². The van der Waals surface area contributed by atoms with Crippen molar-refractivity contribution in [3.8, 4) is 0 Å². The first-order valence-corrected chi connectivity index (χ1v) is 6.93. The summed E-state index contributed by atoms with van der Waals surface area (Å²) < 4.78 is 14.0. The summed E-state index contributed by atoms with van der Waals surface area (Å²) in [7, 11) is 4.10. The SMILES string of the molecule is CN1C(c2ccccc2)CC(c2ccccc2F)N1C. The number of halogens is 1. The third-order valence-electron chi connectivity index (χ3n) is 4.29. The van der Waals surface area contributed by atoms with Crippen molar-refractivity contribution in [3.05, 3.63) is 71.5 Å². The van der Waals surface area contributed by atoms with Gasteiger partial charge in [-0.15, -0.1) is 0 Å². The minimum atomic E-state index is -0.119. The molecule has 0 aliphatic carbocycles. The number of hydrazine groups is 1. The summed E-state index contributed by atoms with van der Waals surface area (Å²) in [6.45, 7) is 0. The van der Waals surface area contributed by atoms with Gasteiger partial charge in [-0.3, -0.25) is 0 Å². The maximum absolute atomic E-state index is 14.0. The van der Waals surface area contributed by atoms with E-state index in [4.69, 9.17) is 0 Å². The molecule has 2 nitrogen and oxygen atoms in total. The van der Waals surface area contributed by atoms with Crippen molar-refractivity contribution in [3.63, 3.8) is 0 Å². The van der Waals surface area contributed by atoms with E-state index in [-0.39, 0.29) is 11.9 Å². The molecule has 0 bridgehead atoms. The van der Waals surface area contributed by atoms with Crippen LogP contribution in [0.25, 0.3) is 0 Å². The average molecular weight is 270 g/mol. The monoisotopic (exact) mass is 270 g/mol. The fourth-order valence-corrected chi connectivity index (χ4v) is 3.06. The van der Waals surface area contributed by atoms with Crippen LogP contribution in [0.5, 0.6) is 0 Å². The zero-order chi connectivity index (χ0) is 14.1. The molecule has 2 atom stereocenters. The lowest BCUT2D eigenvalue weighted by Gasteiger charge is -2.28. The van der Waals surface area contributed by atoms with Gasteiger partial charge in [-0.1, -0.05) is 48.5 Å². The Labute approximate surface area is 119 Å². The molecule has 0 N–H and O–H groups in total. The maximum Gasteiger partial charge on any atom is 0.128 e. The molecule has 1 heterocycles. The molecular weight excluding hydrogens is 251 g/mol. The van der Waals surface area contributed by atoms with Crippen molar-refractivity contribution >= 4 is 0 Å². The molecule has 0 amide bonds. The molecule has 0 aromatic heterocycles. The number of rotatable bonds is 2. The Hall–Kier alpha value is -1.71. The maximum atomic E-state index is 14.0. The Morgan fingerprint density at radius 1 is 0.850 bits per heavy atom. The smallest absolute Gasteiger partial charge is 0.128 e. The van der Waals surface area contributed by atoms with Gasteiger partial charge in [-0.25, -0.2) is 14.4 Å². The lowest BCUT2D eigenvalue weighted by molar-refractivity contribution is 0.0244. The molecule has 2 unspecified atom stereocenters. The Morgan fingerprint density at radius 3 is 2.15 bits per heavy atom. The number of hydrogen-bond donors (Lipinski definition) is 0. The lowest BCUT2D eigenvalue weighted by Crippen LogP contribution is -2.32. The first kappa shape index (κ1) is 13.3. The second-order valence-corrected chi connectivity index (χ2v) is 5.35. The summed E-state index contributed by atoms with van der Waals surface area (Å²) in [5.41, 5.74) is 2.06. The third kappa shape index (κ3) is 2.23. The summed E-state index contributed by atoms with van der Waals surface area (Å²) in [5, 5.41) is 4.34. The van der Waals surface area contributed by atoms with Gasteiger partial charge in [0.15, 0.2) is 0 Å². The minimum absolute atomic E-state index is 0.0893. The molecule has 3 heteroatoms. The van der Waals surface area contributed by atoms with E-state index in [1.807, 2.05) is 25.2 Å². The van der Waals surface area contributed by atoms with Crippen molar-refractivity contribution in [1.82, 2.24) is 10.0 Å². The highest BCUT2D eigenvalue weighted by Gasteiger charge is 2.37. The highest BCUT2D eigenvalue weighted by Crippen LogP contribution is 2.42. The highest BCUT2D eigenvalue weighted by atomic mass is 19.1. The molecule has 20 heavy (non-hydrogen) atoms. The van der Waals surface area contributed by atoms with E-state index in [1.54, 1.807) is 12.1 Å². The predicted molar refractivity (Wildman–Crippen MR) is 78.5 cm³/mol. The van der Waals surface area contributed by atoms with Gasteiger partial charge in [0.1, 0.15) is 5.82 Å². The summed E-state index contributed by atoms with van der Waals surface area (Å²) in [5.74, 6) is -0.119. The van der Waals surface area contributed by atoms with Crippen molar-refractivity contribution < 1.29 is 4.39 Å². The van der Waals surface area contributed by atoms with Gasteiger partial charge in [0.25, 0.3) is 0 Å². The fraction of sp³-hybridized carbons (Fsp3) is 0.294. The van der Waals surface area contributed by atoms with Gasteiger partial charge >= 0.3 is 0 Å². The van der Waals surface area contributed by atoms with E-state index in [0.717, 1.165) is 12.0 Å².